The maximum absolute atomic E-state index is 12.0. The monoisotopic (exact) mass is 325 g/mol. The number of hydrogen-bond donors (Lipinski definition) is 2. The van der Waals surface area contributed by atoms with E-state index in [1.807, 2.05) is 6.92 Å². The molecule has 4 nitrogen and oxygen atoms in total. The molecule has 1 aromatic carbocycles. The molecule has 0 aliphatic carbocycles. The maximum Gasteiger partial charge on any atom is 0.318 e. The lowest BCUT2D eigenvalue weighted by atomic mass is 10.2. The van der Waals surface area contributed by atoms with Crippen molar-refractivity contribution >= 4 is 29.2 Å². The van der Waals surface area contributed by atoms with E-state index >= 15 is 0 Å². The van der Waals surface area contributed by atoms with E-state index in [9.17, 15) is 4.79 Å². The standard InChI is InChI=1S/C15H17Cl2N3O/c1-11(19-15(21)20-8-6-18-7-9-20)2-3-12-4-5-13(16)14(17)10-12/h4-5,10-11,18H,6-9H2,1H3,(H,19,21). The number of piperazine rings is 1. The number of amides is 2. The van der Waals surface area contributed by atoms with Crippen molar-refractivity contribution in [1.29, 1.82) is 0 Å². The van der Waals surface area contributed by atoms with Gasteiger partial charge in [0.2, 0.25) is 0 Å². The summed E-state index contributed by atoms with van der Waals surface area (Å²) < 4.78 is 0. The lowest BCUT2D eigenvalue weighted by molar-refractivity contribution is 0.189. The minimum absolute atomic E-state index is 0.0764. The highest BCUT2D eigenvalue weighted by Gasteiger charge is 2.16. The van der Waals surface area contributed by atoms with Gasteiger partial charge in [-0.1, -0.05) is 35.0 Å². The number of carbonyl (C=O) groups excluding carboxylic acids is 1. The topological polar surface area (TPSA) is 44.4 Å². The molecule has 1 aromatic rings. The molecule has 0 radical (unpaired) electrons. The zero-order valence-corrected chi connectivity index (χ0v) is 13.3. The molecule has 1 aliphatic rings. The number of nitrogens with zero attached hydrogens (tertiary/aromatic N) is 1. The quantitative estimate of drug-likeness (QED) is 0.778. The summed E-state index contributed by atoms with van der Waals surface area (Å²) in [5.74, 6) is 5.97. The van der Waals surface area contributed by atoms with Gasteiger partial charge in [-0.05, 0) is 25.1 Å². The van der Waals surface area contributed by atoms with Crippen LogP contribution in [0, 0.1) is 11.8 Å². The number of urea groups is 1. The largest absolute Gasteiger partial charge is 0.325 e. The predicted octanol–water partition coefficient (Wildman–Crippen LogP) is 2.35. The Morgan fingerprint density at radius 2 is 2.05 bits per heavy atom. The Hall–Kier alpha value is -1.41. The van der Waals surface area contributed by atoms with E-state index < -0.39 is 0 Å². The first-order chi connectivity index (χ1) is 10.1. The lowest BCUT2D eigenvalue weighted by Crippen LogP contribution is -2.51. The molecule has 1 heterocycles. The molecular weight excluding hydrogens is 309 g/mol. The fraction of sp³-hybridized carbons (Fsp3) is 0.400. The number of halogens is 2. The van der Waals surface area contributed by atoms with Gasteiger partial charge in [0.05, 0.1) is 16.1 Å². The van der Waals surface area contributed by atoms with Crippen LogP contribution in [0.2, 0.25) is 10.0 Å². The van der Waals surface area contributed by atoms with Crippen molar-refractivity contribution in [3.05, 3.63) is 33.8 Å². The minimum Gasteiger partial charge on any atom is -0.325 e. The zero-order chi connectivity index (χ0) is 15.2. The van der Waals surface area contributed by atoms with E-state index in [-0.39, 0.29) is 12.1 Å². The fourth-order valence-electron chi connectivity index (χ4n) is 1.95. The van der Waals surface area contributed by atoms with E-state index in [4.69, 9.17) is 23.2 Å². The molecule has 2 N–H and O–H groups in total. The minimum atomic E-state index is -0.234. The highest BCUT2D eigenvalue weighted by molar-refractivity contribution is 6.42. The van der Waals surface area contributed by atoms with Crippen molar-refractivity contribution in [2.45, 2.75) is 13.0 Å². The summed E-state index contributed by atoms with van der Waals surface area (Å²) in [6, 6.07) is 4.90. The maximum atomic E-state index is 12.0. The Morgan fingerprint density at radius 1 is 1.33 bits per heavy atom. The van der Waals surface area contributed by atoms with Gasteiger partial charge >= 0.3 is 6.03 Å². The van der Waals surface area contributed by atoms with Gasteiger partial charge in [-0.2, -0.15) is 0 Å². The van der Waals surface area contributed by atoms with Crippen LogP contribution in [-0.4, -0.2) is 43.2 Å². The molecule has 0 saturated carbocycles. The van der Waals surface area contributed by atoms with Gasteiger partial charge in [0.15, 0.2) is 0 Å². The SMILES string of the molecule is CC(C#Cc1ccc(Cl)c(Cl)c1)NC(=O)N1CCNCC1. The summed E-state index contributed by atoms with van der Waals surface area (Å²) in [6.07, 6.45) is 0. The van der Waals surface area contributed by atoms with Crippen LogP contribution in [0.15, 0.2) is 18.2 Å². The molecule has 1 aliphatic heterocycles. The Kier molecular flexibility index (Phi) is 5.75. The Balaban J connectivity index is 1.92. The summed E-state index contributed by atoms with van der Waals surface area (Å²) in [5, 5.41) is 7.05. The molecule has 0 spiro atoms. The molecule has 1 saturated heterocycles. The van der Waals surface area contributed by atoms with E-state index in [1.54, 1.807) is 23.1 Å². The highest BCUT2D eigenvalue weighted by Crippen LogP contribution is 2.22. The average Bonchev–Trinajstić information content (AvgIpc) is 2.49. The number of nitrogens with one attached hydrogen (secondary N) is 2. The van der Waals surface area contributed by atoms with Crippen molar-refractivity contribution in [1.82, 2.24) is 15.5 Å². The summed E-state index contributed by atoms with van der Waals surface area (Å²) in [5.41, 5.74) is 0.771. The molecule has 0 aromatic heterocycles. The van der Waals surface area contributed by atoms with Crippen molar-refractivity contribution in [2.75, 3.05) is 26.2 Å². The molecule has 2 amide bonds. The summed E-state index contributed by atoms with van der Waals surface area (Å²) in [4.78, 5) is 13.8. The second-order valence-corrected chi connectivity index (χ2v) is 5.62. The van der Waals surface area contributed by atoms with Crippen LogP contribution in [0.25, 0.3) is 0 Å². The third-order valence-corrected chi connectivity index (χ3v) is 3.84. The molecule has 6 heteroatoms. The van der Waals surface area contributed by atoms with Gasteiger partial charge in [-0.25, -0.2) is 4.79 Å². The van der Waals surface area contributed by atoms with Gasteiger partial charge in [-0.15, -0.1) is 0 Å². The van der Waals surface area contributed by atoms with Crippen LogP contribution >= 0.6 is 23.2 Å². The van der Waals surface area contributed by atoms with Crippen LogP contribution in [0.4, 0.5) is 4.79 Å². The highest BCUT2D eigenvalue weighted by atomic mass is 35.5. The van der Waals surface area contributed by atoms with Gasteiger partial charge in [0.25, 0.3) is 0 Å². The molecule has 2 rings (SSSR count). The van der Waals surface area contributed by atoms with Gasteiger partial charge < -0.3 is 15.5 Å². The van der Waals surface area contributed by atoms with Crippen LogP contribution in [0.3, 0.4) is 0 Å². The normalized spacial score (nSPS) is 15.9. The van der Waals surface area contributed by atoms with Gasteiger partial charge in [0, 0.05) is 31.7 Å². The van der Waals surface area contributed by atoms with Crippen molar-refractivity contribution in [3.63, 3.8) is 0 Å². The van der Waals surface area contributed by atoms with E-state index in [1.165, 1.54) is 0 Å². The Labute approximate surface area is 134 Å². The van der Waals surface area contributed by atoms with Gasteiger partial charge in [0.1, 0.15) is 0 Å². The van der Waals surface area contributed by atoms with Crippen molar-refractivity contribution in [3.8, 4) is 11.8 Å². The van der Waals surface area contributed by atoms with Crippen LogP contribution in [0.5, 0.6) is 0 Å². The van der Waals surface area contributed by atoms with Crippen molar-refractivity contribution in [2.24, 2.45) is 0 Å². The smallest absolute Gasteiger partial charge is 0.318 e. The summed E-state index contributed by atoms with van der Waals surface area (Å²) in [7, 11) is 0. The Morgan fingerprint density at radius 3 is 2.71 bits per heavy atom. The van der Waals surface area contributed by atoms with Crippen LogP contribution in [0.1, 0.15) is 12.5 Å². The molecule has 0 bridgehead atoms. The first-order valence-electron chi connectivity index (χ1n) is 6.79. The van der Waals surface area contributed by atoms with Crippen LogP contribution in [-0.2, 0) is 0 Å². The van der Waals surface area contributed by atoms with Crippen LogP contribution < -0.4 is 10.6 Å². The van der Waals surface area contributed by atoms with E-state index in [0.29, 0.717) is 10.0 Å². The van der Waals surface area contributed by atoms with E-state index in [2.05, 4.69) is 22.5 Å². The number of carbonyl (C=O) groups is 1. The number of hydrogen-bond acceptors (Lipinski definition) is 2. The molecule has 1 fully saturated rings. The predicted molar refractivity (Wildman–Crippen MR) is 85.8 cm³/mol. The third kappa shape index (κ3) is 4.82. The Bertz CT molecular complexity index is 574. The third-order valence-electron chi connectivity index (χ3n) is 3.10. The molecule has 21 heavy (non-hydrogen) atoms. The van der Waals surface area contributed by atoms with Crippen molar-refractivity contribution < 1.29 is 4.79 Å². The van der Waals surface area contributed by atoms with E-state index in [0.717, 1.165) is 31.7 Å². The first kappa shape index (κ1) is 16.0. The fourth-order valence-corrected chi connectivity index (χ4v) is 2.24. The first-order valence-corrected chi connectivity index (χ1v) is 7.54. The molecule has 112 valence electrons. The average molecular weight is 326 g/mol. The lowest BCUT2D eigenvalue weighted by Gasteiger charge is -2.28. The molecule has 1 atom stereocenters. The summed E-state index contributed by atoms with van der Waals surface area (Å²) in [6.45, 7) is 4.95. The number of benzene rings is 1. The number of rotatable bonds is 1. The summed E-state index contributed by atoms with van der Waals surface area (Å²) >= 11 is 11.8. The molecular formula is C15H17Cl2N3O. The second kappa shape index (κ2) is 7.56. The zero-order valence-electron chi connectivity index (χ0n) is 11.7. The molecule has 1 unspecified atom stereocenters. The second-order valence-electron chi connectivity index (χ2n) is 4.81. The van der Waals surface area contributed by atoms with Gasteiger partial charge in [-0.3, -0.25) is 0 Å².